The van der Waals surface area contributed by atoms with Crippen molar-refractivity contribution in [2.45, 2.75) is 59.2 Å². The number of halogens is 1. The zero-order valence-corrected chi connectivity index (χ0v) is 20.5. The summed E-state index contributed by atoms with van der Waals surface area (Å²) in [7, 11) is -1.35. The fourth-order valence-corrected chi connectivity index (χ4v) is 4.82. The summed E-state index contributed by atoms with van der Waals surface area (Å²) in [6, 6.07) is 0.222. The lowest BCUT2D eigenvalue weighted by atomic mass is 10.1. The van der Waals surface area contributed by atoms with Crippen LogP contribution in [0.3, 0.4) is 0 Å². The number of sulfonamides is 1. The average Bonchev–Trinajstić information content (AvgIpc) is 3.05. The number of piperidine rings is 1. The number of nitrogens with one attached hydrogen (secondary N) is 2. The van der Waals surface area contributed by atoms with Crippen LogP contribution in [-0.4, -0.2) is 60.2 Å². The van der Waals surface area contributed by atoms with Gasteiger partial charge in [-0.3, -0.25) is 4.99 Å². The van der Waals surface area contributed by atoms with E-state index in [4.69, 9.17) is 0 Å². The van der Waals surface area contributed by atoms with Crippen molar-refractivity contribution in [3.63, 3.8) is 0 Å². The van der Waals surface area contributed by atoms with E-state index < -0.39 is 10.0 Å². The summed E-state index contributed by atoms with van der Waals surface area (Å²) in [6.07, 6.45) is 6.04. The number of imidazole rings is 1. The van der Waals surface area contributed by atoms with Gasteiger partial charge in [-0.15, -0.1) is 24.0 Å². The van der Waals surface area contributed by atoms with Gasteiger partial charge in [0.2, 0.25) is 10.0 Å². The predicted molar refractivity (Wildman–Crippen MR) is 124 cm³/mol. The monoisotopic (exact) mass is 526 g/mol. The molecule has 0 spiro atoms. The quantitative estimate of drug-likeness (QED) is 0.307. The topological polar surface area (TPSA) is 91.6 Å². The number of hydrogen-bond donors (Lipinski definition) is 2. The number of aliphatic imine (C=N–C) groups is 1. The van der Waals surface area contributed by atoms with E-state index in [1.54, 1.807) is 11.4 Å². The highest BCUT2D eigenvalue weighted by atomic mass is 127. The fraction of sp³-hybridized carbons (Fsp3) is 0.778. The zero-order chi connectivity index (χ0) is 19.9. The normalized spacial score (nSPS) is 16.8. The number of aromatic nitrogens is 2. The van der Waals surface area contributed by atoms with E-state index in [9.17, 15) is 8.42 Å². The molecule has 0 amide bonds. The van der Waals surface area contributed by atoms with Gasteiger partial charge in [0.05, 0.1) is 12.3 Å². The lowest BCUT2D eigenvalue weighted by Gasteiger charge is -2.32. The summed E-state index contributed by atoms with van der Waals surface area (Å²) in [6.45, 7) is 8.94. The van der Waals surface area contributed by atoms with E-state index in [0.29, 0.717) is 32.0 Å². The molecule has 1 saturated heterocycles. The highest BCUT2D eigenvalue weighted by molar-refractivity contribution is 14.0. The van der Waals surface area contributed by atoms with Crippen LogP contribution in [0, 0.1) is 5.92 Å². The van der Waals surface area contributed by atoms with Gasteiger partial charge in [-0.2, -0.15) is 0 Å². The van der Waals surface area contributed by atoms with Crippen molar-refractivity contribution in [1.82, 2.24) is 24.5 Å². The standard InChI is InChI=1S/C18H34N6O2S.HI/c1-5-12-27(25,26)24-9-6-16(7-10-24)22-18(19-4)21-13-17-20-8-11-23(17)14-15(2)3;/h8,11,15-16H,5-7,9-10,12-14H2,1-4H3,(H2,19,21,22);1H. The van der Waals surface area contributed by atoms with E-state index in [1.165, 1.54) is 0 Å². The predicted octanol–water partition coefficient (Wildman–Crippen LogP) is 2.03. The van der Waals surface area contributed by atoms with Crippen LogP contribution < -0.4 is 10.6 Å². The number of guanidine groups is 1. The highest BCUT2D eigenvalue weighted by Gasteiger charge is 2.27. The first kappa shape index (κ1) is 25.2. The summed E-state index contributed by atoms with van der Waals surface area (Å²) in [5.74, 6) is 2.50. The minimum Gasteiger partial charge on any atom is -0.354 e. The van der Waals surface area contributed by atoms with Crippen molar-refractivity contribution in [2.75, 3.05) is 25.9 Å². The molecular weight excluding hydrogens is 491 g/mol. The smallest absolute Gasteiger partial charge is 0.214 e. The van der Waals surface area contributed by atoms with Gasteiger partial charge in [0.1, 0.15) is 5.82 Å². The van der Waals surface area contributed by atoms with Crippen LogP contribution in [0.2, 0.25) is 0 Å². The molecule has 1 aliphatic heterocycles. The Balaban J connectivity index is 0.00000392. The summed E-state index contributed by atoms with van der Waals surface area (Å²) in [4.78, 5) is 8.72. The minimum atomic E-state index is -3.10. The van der Waals surface area contributed by atoms with Crippen molar-refractivity contribution in [3.8, 4) is 0 Å². The molecule has 2 N–H and O–H groups in total. The minimum absolute atomic E-state index is 0. The third-order valence-electron chi connectivity index (χ3n) is 4.65. The third kappa shape index (κ3) is 7.51. The Morgan fingerprint density at radius 3 is 2.61 bits per heavy atom. The summed E-state index contributed by atoms with van der Waals surface area (Å²) in [5, 5.41) is 6.73. The van der Waals surface area contributed by atoms with Crippen molar-refractivity contribution in [2.24, 2.45) is 10.9 Å². The lowest BCUT2D eigenvalue weighted by molar-refractivity contribution is 0.306. The van der Waals surface area contributed by atoms with Gasteiger partial charge >= 0.3 is 0 Å². The van der Waals surface area contributed by atoms with Crippen LogP contribution in [0.4, 0.5) is 0 Å². The molecule has 162 valence electrons. The average molecular weight is 526 g/mol. The Bertz CT molecular complexity index is 711. The molecule has 2 rings (SSSR count). The highest BCUT2D eigenvalue weighted by Crippen LogP contribution is 2.15. The molecule has 0 aromatic carbocycles. The van der Waals surface area contributed by atoms with Crippen molar-refractivity contribution in [1.29, 1.82) is 0 Å². The van der Waals surface area contributed by atoms with Crippen molar-refractivity contribution in [3.05, 3.63) is 18.2 Å². The maximum absolute atomic E-state index is 12.2. The Morgan fingerprint density at radius 1 is 1.36 bits per heavy atom. The maximum atomic E-state index is 12.2. The van der Waals surface area contributed by atoms with Gasteiger partial charge in [-0.25, -0.2) is 17.7 Å². The SMILES string of the molecule is CCCS(=O)(=O)N1CCC(NC(=NC)NCc2nccn2CC(C)C)CC1.I. The molecule has 0 unspecified atom stereocenters. The molecule has 1 aromatic rings. The van der Waals surface area contributed by atoms with E-state index >= 15 is 0 Å². The van der Waals surface area contributed by atoms with Gasteiger partial charge < -0.3 is 15.2 Å². The summed E-state index contributed by atoms with van der Waals surface area (Å²) in [5.41, 5.74) is 0. The summed E-state index contributed by atoms with van der Waals surface area (Å²) >= 11 is 0. The van der Waals surface area contributed by atoms with Gasteiger partial charge in [0.25, 0.3) is 0 Å². The molecule has 10 heteroatoms. The van der Waals surface area contributed by atoms with E-state index in [0.717, 1.165) is 31.2 Å². The lowest BCUT2D eigenvalue weighted by Crippen LogP contribution is -2.50. The third-order valence-corrected chi connectivity index (χ3v) is 6.73. The molecule has 1 fully saturated rings. The van der Waals surface area contributed by atoms with Crippen LogP contribution in [0.25, 0.3) is 0 Å². The molecule has 0 aliphatic carbocycles. The molecule has 1 aliphatic rings. The molecule has 8 nitrogen and oxygen atoms in total. The van der Waals surface area contributed by atoms with Gasteiger partial charge in [-0.1, -0.05) is 20.8 Å². The second-order valence-electron chi connectivity index (χ2n) is 7.45. The largest absolute Gasteiger partial charge is 0.354 e. The summed E-state index contributed by atoms with van der Waals surface area (Å²) < 4.78 is 28.1. The molecular formula is C18H35IN6O2S. The number of hydrogen-bond acceptors (Lipinski definition) is 4. The van der Waals surface area contributed by atoms with Crippen molar-refractivity contribution >= 4 is 40.0 Å². The van der Waals surface area contributed by atoms with Gasteiger partial charge in [0.15, 0.2) is 5.96 Å². The van der Waals surface area contributed by atoms with E-state index in [2.05, 4.69) is 39.0 Å². The number of rotatable bonds is 8. The Morgan fingerprint density at radius 2 is 2.04 bits per heavy atom. The Labute approximate surface area is 186 Å². The van der Waals surface area contributed by atoms with Crippen LogP contribution in [0.15, 0.2) is 17.4 Å². The first-order valence-corrected chi connectivity index (χ1v) is 11.4. The maximum Gasteiger partial charge on any atom is 0.214 e. The molecule has 2 heterocycles. The fourth-order valence-electron chi connectivity index (χ4n) is 3.28. The molecule has 0 bridgehead atoms. The second-order valence-corrected chi connectivity index (χ2v) is 9.54. The Hall–Kier alpha value is -0.880. The molecule has 0 radical (unpaired) electrons. The number of nitrogens with zero attached hydrogens (tertiary/aromatic N) is 4. The van der Waals surface area contributed by atoms with Crippen molar-refractivity contribution < 1.29 is 8.42 Å². The van der Waals surface area contributed by atoms with Crippen LogP contribution in [0.5, 0.6) is 0 Å². The zero-order valence-electron chi connectivity index (χ0n) is 17.4. The van der Waals surface area contributed by atoms with E-state index in [1.807, 2.05) is 19.3 Å². The van der Waals surface area contributed by atoms with Crippen LogP contribution in [-0.2, 0) is 23.1 Å². The second kappa shape index (κ2) is 12.0. The Kier molecular flexibility index (Phi) is 10.7. The first-order chi connectivity index (χ1) is 12.9. The van der Waals surface area contributed by atoms with Crippen LogP contribution in [0.1, 0.15) is 45.9 Å². The molecule has 1 aromatic heterocycles. The van der Waals surface area contributed by atoms with Crippen LogP contribution >= 0.6 is 24.0 Å². The van der Waals surface area contributed by atoms with E-state index in [-0.39, 0.29) is 35.8 Å². The molecule has 0 saturated carbocycles. The van der Waals surface area contributed by atoms with Gasteiger partial charge in [0, 0.05) is 45.1 Å². The molecule has 0 atom stereocenters. The van der Waals surface area contributed by atoms with Gasteiger partial charge in [-0.05, 0) is 25.2 Å². The molecule has 28 heavy (non-hydrogen) atoms. The first-order valence-electron chi connectivity index (χ1n) is 9.80.